The smallest absolute Gasteiger partial charge is 0.744 e. The molecule has 6 N–H and O–H groups in total. The number of hydrogen-bond donors (Lipinski definition) is 6. The van der Waals surface area contributed by atoms with Crippen LogP contribution < -0.4 is 99.9 Å². The zero-order valence-corrected chi connectivity index (χ0v) is 85.5. The van der Waals surface area contributed by atoms with Crippen LogP contribution in [-0.4, -0.2) is 87.9 Å². The summed E-state index contributed by atoms with van der Waals surface area (Å²) < 4.78 is 193. The van der Waals surface area contributed by atoms with Gasteiger partial charge in [-0.25, -0.2) is 56.8 Å². The summed E-state index contributed by atoms with van der Waals surface area (Å²) >= 11 is 0. The SMILES string of the molecule is C.C.CC.CC.CCc1cc(C)cc(CC)c1Nc1ccc2c(-c3ccccc3S(=O)(=O)[O-])c3ccc(=[NH+]c4c(CC)cc(C)cc4CC)cc-3oc2c1.CNS(C)(=O)=O.Cc1ccc(C=Cc2[c-]cc(NS(C)(=O)=O)cc2)c(S(=O)(=O)[O-])c1.Cc1cccc(C)c1Nc1ccc2c(-c3ccccc3S(=O)(=O)[O-])c3ccc(=[NH+]c4c(C)cccc4C)cc-3oc2c1.O=S(=O)=O.[Na+].[Na+]. The third kappa shape index (κ3) is 31.0. The van der Waals surface area contributed by atoms with Crippen LogP contribution in [0.5, 0.6) is 0 Å². The van der Waals surface area contributed by atoms with Crippen molar-refractivity contribution in [1.82, 2.24) is 4.72 Å². The number of rotatable bonds is 20. The maximum absolute atomic E-state index is 12.5. The maximum atomic E-state index is 12.5. The van der Waals surface area contributed by atoms with Crippen molar-refractivity contribution in [1.29, 1.82) is 0 Å². The van der Waals surface area contributed by atoms with E-state index < -0.39 is 61.0 Å². The molecule has 0 fully saturated rings. The molecule has 14 rings (SSSR count). The average molecular weight is 1930 g/mol. The van der Waals surface area contributed by atoms with Crippen LogP contribution in [0.2, 0.25) is 0 Å². The van der Waals surface area contributed by atoms with E-state index in [1.54, 1.807) is 73.7 Å². The van der Waals surface area contributed by atoms with Gasteiger partial charge in [0.05, 0.1) is 39.3 Å². The number of anilines is 5. The van der Waals surface area contributed by atoms with Crippen LogP contribution in [0.1, 0.15) is 143 Å². The molecule has 0 saturated carbocycles. The third-order valence-electron chi connectivity index (χ3n) is 20.1. The van der Waals surface area contributed by atoms with E-state index >= 15 is 0 Å². The summed E-state index contributed by atoms with van der Waals surface area (Å²) in [5.41, 5.74) is 24.2. The molecule has 0 saturated heterocycles. The number of hydrogen-bond acceptors (Lipinski definition) is 20. The first-order chi connectivity index (χ1) is 60.5. The first-order valence-corrected chi connectivity index (χ1v) is 50.1. The van der Waals surface area contributed by atoms with Crippen LogP contribution in [0.15, 0.2) is 242 Å². The van der Waals surface area contributed by atoms with Gasteiger partial charge in [-0.1, -0.05) is 185 Å². The van der Waals surface area contributed by atoms with E-state index in [9.17, 15) is 55.7 Å². The molecule has 0 atom stereocenters. The Bertz CT molecular complexity index is 7180. The molecule has 690 valence electrons. The summed E-state index contributed by atoms with van der Waals surface area (Å²) in [6.45, 7) is 30.8. The molecule has 10 aromatic rings. The summed E-state index contributed by atoms with van der Waals surface area (Å²) in [6.07, 6.45) is 8.79. The fraction of sp³-hybridized carbons (Fsp3) is 0.240. The van der Waals surface area contributed by atoms with Crippen molar-refractivity contribution < 1.29 is 146 Å². The number of nitrogens with one attached hydrogen (secondary N) is 6. The van der Waals surface area contributed by atoms with Crippen molar-refractivity contribution in [2.45, 2.75) is 159 Å². The van der Waals surface area contributed by atoms with Crippen molar-refractivity contribution in [3.05, 3.63) is 307 Å². The monoisotopic (exact) mass is 1920 g/mol. The Labute approximate surface area is 824 Å². The van der Waals surface area contributed by atoms with Crippen molar-refractivity contribution >= 4 is 135 Å². The molecule has 24 nitrogen and oxygen atoms in total. The van der Waals surface area contributed by atoms with E-state index in [1.807, 2.05) is 113 Å². The van der Waals surface area contributed by atoms with Gasteiger partial charge in [-0.15, -0.1) is 43.0 Å². The predicted molar refractivity (Wildman–Crippen MR) is 520 cm³/mol. The van der Waals surface area contributed by atoms with E-state index in [0.29, 0.717) is 83.7 Å². The number of sulfonamides is 2. The molecule has 0 amide bonds. The molecule has 132 heavy (non-hydrogen) atoms. The molecule has 2 heterocycles. The van der Waals surface area contributed by atoms with Crippen molar-refractivity contribution in [2.75, 3.05) is 34.9 Å². The number of para-hydroxylation sites is 2. The summed E-state index contributed by atoms with van der Waals surface area (Å²) in [4.78, 5) is 6.36. The second-order valence-corrected chi connectivity index (χ2v) is 37.6. The molecule has 4 aliphatic rings. The Kier molecular flexibility index (Phi) is 44.0. The first-order valence-electron chi connectivity index (χ1n) is 41.1. The minimum atomic E-state index is -4.76. The number of aryl methyl sites for hydroxylation is 11. The zero-order valence-electron chi connectivity index (χ0n) is 76.6. The van der Waals surface area contributed by atoms with Crippen LogP contribution in [0.3, 0.4) is 0 Å². The molecule has 0 unspecified atom stereocenters. The Morgan fingerprint density at radius 1 is 0.402 bits per heavy atom. The van der Waals surface area contributed by atoms with E-state index in [0.717, 1.165) is 105 Å². The Morgan fingerprint density at radius 2 is 0.788 bits per heavy atom. The zero-order chi connectivity index (χ0) is 94.5. The summed E-state index contributed by atoms with van der Waals surface area (Å²) in [6, 6.07) is 69.1. The maximum Gasteiger partial charge on any atom is 1.00 e. The van der Waals surface area contributed by atoms with Crippen molar-refractivity contribution in [3.63, 3.8) is 0 Å². The number of fused-ring (bicyclic) bond motifs is 4. The molecular weight excluding hydrogens is 1810 g/mol. The molecule has 2 aliphatic heterocycles. The minimum Gasteiger partial charge on any atom is -0.744 e. The quantitative estimate of drug-likeness (QED) is 0.0136. The molecule has 32 heteroatoms. The minimum absolute atomic E-state index is 0. The Balaban J connectivity index is 0.000000395. The number of benzene rings is 12. The van der Waals surface area contributed by atoms with Crippen LogP contribution in [-0.2, 0) is 86.7 Å². The largest absolute Gasteiger partial charge is 1.00 e. The van der Waals surface area contributed by atoms with Gasteiger partial charge in [0, 0.05) is 113 Å². The first kappa shape index (κ1) is 114. The average Bonchev–Trinajstić information content (AvgIpc) is 0.744. The Hall–Kier alpha value is -10.1. The fourth-order valence-corrected chi connectivity index (χ4v) is 17.0. The summed E-state index contributed by atoms with van der Waals surface area (Å²) in [5, 5.41) is 10.3. The van der Waals surface area contributed by atoms with E-state index in [1.165, 1.54) is 70.8 Å². The molecular formula is C100H114N6Na2O18S6. The van der Waals surface area contributed by atoms with Crippen molar-refractivity contribution in [3.8, 4) is 44.9 Å². The predicted octanol–water partition coefficient (Wildman–Crippen LogP) is 12.2. The fourth-order valence-electron chi connectivity index (χ4n) is 14.4. The van der Waals surface area contributed by atoms with Crippen LogP contribution >= 0.6 is 0 Å². The van der Waals surface area contributed by atoms with Gasteiger partial charge >= 0.3 is 69.7 Å². The summed E-state index contributed by atoms with van der Waals surface area (Å²) in [5.74, 6) is 1.12. The molecule has 0 spiro atoms. The third-order valence-corrected chi connectivity index (χ3v) is 24.2. The van der Waals surface area contributed by atoms with E-state index in [2.05, 4.69) is 154 Å². The van der Waals surface area contributed by atoms with E-state index in [-0.39, 0.29) is 94.2 Å². The standard InChI is InChI=1S/C41H42N2O4S.C35H30N2O4S.C16H16NO5S2.C2H7NO2S.2C2H6.2CH4.2Na.O3S/c1-7-27-19-25(5)20-28(8-2)40(27)42-31-15-17-33-36(23-31)47-37-24-32(43-41-29(9-3)21-26(6)22-30(41)10-4)16-18-34(37)39(33)35-13-11-12-14-38(35)48(44,45)46;1-21-9-7-10-22(2)34(21)36-25-15-17-27-30(19-25)41-31-20-26(37-35-23(3)11-8-12-24(35)4)16-18-28(31)33(27)29-13-5-6-14-32(29)42(38,39)40;1-12-3-7-14(16(11-12)24(20,21)22)8-4-13-5-9-15(10-6-13)17-23(2,18)19;1-3-6(2,4)5;2*1-2;;;;;1-4(2)3/h11-24,42H,7-10H2,1-6H3,(H,44,45,46);5-20,36H,1-4H3,(H,38,39,40);3-5,7-11,17H,1-2H3,(H,20,21,22);3H,1-2H3;2*1-2H3;2*1H4;;;/q;;-1;;;;;;2*+1;/p-1. The normalized spacial score (nSPS) is 11.4. The van der Waals surface area contributed by atoms with Gasteiger partial charge in [-0.05, 0) is 187 Å². The molecule has 0 radical (unpaired) electrons. The molecule has 2 aliphatic carbocycles. The van der Waals surface area contributed by atoms with Crippen LogP contribution in [0.4, 0.5) is 39.8 Å². The molecule has 10 aromatic carbocycles. The van der Waals surface area contributed by atoms with Gasteiger partial charge in [0.1, 0.15) is 53.0 Å². The van der Waals surface area contributed by atoms with E-state index in [4.69, 9.17) is 21.5 Å². The molecule has 0 bridgehead atoms. The van der Waals surface area contributed by atoms with Gasteiger partial charge in [-0.2, -0.15) is 5.56 Å². The topological polar surface area (TPSA) is 393 Å². The van der Waals surface area contributed by atoms with Crippen LogP contribution in [0, 0.1) is 54.5 Å². The summed E-state index contributed by atoms with van der Waals surface area (Å²) in [7, 11) is -22.1. The second-order valence-electron chi connectivity index (χ2n) is 29.5. The molecule has 0 aromatic heterocycles. The second kappa shape index (κ2) is 50.9. The van der Waals surface area contributed by atoms with Gasteiger partial charge in [0.2, 0.25) is 42.1 Å². The van der Waals surface area contributed by atoms with Gasteiger partial charge in [0.15, 0.2) is 0 Å². The van der Waals surface area contributed by atoms with Gasteiger partial charge in [0.25, 0.3) is 0 Å². The van der Waals surface area contributed by atoms with Gasteiger partial charge < -0.3 is 37.8 Å². The van der Waals surface area contributed by atoms with Crippen molar-refractivity contribution in [2.24, 2.45) is 0 Å². The van der Waals surface area contributed by atoms with Gasteiger partial charge in [-0.3, -0.25) is 0 Å². The van der Waals surface area contributed by atoms with Crippen LogP contribution in [0.25, 0.3) is 79.0 Å². The Morgan fingerprint density at radius 3 is 1.17 bits per heavy atom.